The molecule has 0 saturated carbocycles. The van der Waals surface area contributed by atoms with Crippen molar-refractivity contribution in [2.24, 2.45) is 0 Å². The second-order valence-electron chi connectivity index (χ2n) is 3.10. The number of hydrogen-bond acceptors (Lipinski definition) is 3. The molecule has 0 unspecified atom stereocenters. The first-order valence-electron chi connectivity index (χ1n) is 4.45. The van der Waals surface area contributed by atoms with Crippen molar-refractivity contribution in [3.8, 4) is 5.75 Å². The van der Waals surface area contributed by atoms with Crippen molar-refractivity contribution in [3.63, 3.8) is 0 Å². The van der Waals surface area contributed by atoms with Crippen molar-refractivity contribution in [1.29, 1.82) is 0 Å². The number of rotatable bonds is 2. The molecule has 1 aromatic carbocycles. The van der Waals surface area contributed by atoms with Crippen LogP contribution in [0.3, 0.4) is 0 Å². The Bertz CT molecular complexity index is 485. The van der Waals surface area contributed by atoms with Crippen LogP contribution < -0.4 is 0 Å². The van der Waals surface area contributed by atoms with Crippen molar-refractivity contribution >= 4 is 27.7 Å². The van der Waals surface area contributed by atoms with E-state index < -0.39 is 0 Å². The van der Waals surface area contributed by atoms with Gasteiger partial charge in [0.05, 0.1) is 0 Å². The van der Waals surface area contributed by atoms with E-state index in [1.807, 2.05) is 18.4 Å². The van der Waals surface area contributed by atoms with Crippen molar-refractivity contribution in [1.82, 2.24) is 0 Å². The maximum atomic E-state index is 10.9. The maximum absolute atomic E-state index is 10.9. The fourth-order valence-electron chi connectivity index (χ4n) is 1.61. The highest BCUT2D eigenvalue weighted by Gasteiger charge is 2.10. The van der Waals surface area contributed by atoms with Gasteiger partial charge in [0.2, 0.25) is 0 Å². The van der Waals surface area contributed by atoms with Gasteiger partial charge < -0.3 is 5.11 Å². The Labute approximate surface area is 85.8 Å². The minimum absolute atomic E-state index is 0.267. The monoisotopic (exact) mass is 206 g/mol. The van der Waals surface area contributed by atoms with Crippen LogP contribution in [-0.2, 0) is 6.42 Å². The summed E-state index contributed by atoms with van der Waals surface area (Å²) in [5.74, 6) is 0.267. The molecule has 1 aromatic heterocycles. The first-order chi connectivity index (χ1) is 6.77. The van der Waals surface area contributed by atoms with Crippen LogP contribution in [0.2, 0.25) is 0 Å². The molecule has 0 spiro atoms. The van der Waals surface area contributed by atoms with Crippen LogP contribution in [0, 0.1) is 0 Å². The van der Waals surface area contributed by atoms with Gasteiger partial charge in [-0.3, -0.25) is 4.79 Å². The molecule has 1 heterocycles. The minimum Gasteiger partial charge on any atom is -0.507 e. The number of aldehydes is 1. The molecule has 2 nitrogen and oxygen atoms in total. The highest BCUT2D eigenvalue weighted by molar-refractivity contribution is 7.17. The molecule has 0 aliphatic heterocycles. The lowest BCUT2D eigenvalue weighted by Gasteiger charge is -2.04. The van der Waals surface area contributed by atoms with E-state index in [4.69, 9.17) is 0 Å². The molecule has 1 N–H and O–H groups in total. The Morgan fingerprint density at radius 3 is 3.00 bits per heavy atom. The third kappa shape index (κ3) is 1.21. The standard InChI is InChI=1S/C11H10O2S/c1-2-7-5-10(13)8-3-4-14-11(8)9(7)6-12/h3-6,13H,2H2,1H3. The molecule has 72 valence electrons. The molecular weight excluding hydrogens is 196 g/mol. The summed E-state index contributed by atoms with van der Waals surface area (Å²) in [5.41, 5.74) is 1.63. The van der Waals surface area contributed by atoms with Crippen LogP contribution >= 0.6 is 11.3 Å². The number of aryl methyl sites for hydroxylation is 1. The van der Waals surface area contributed by atoms with Gasteiger partial charge in [-0.25, -0.2) is 0 Å². The van der Waals surface area contributed by atoms with Crippen LogP contribution in [0.5, 0.6) is 5.75 Å². The summed E-state index contributed by atoms with van der Waals surface area (Å²) in [5, 5.41) is 12.3. The first kappa shape index (κ1) is 9.21. The molecule has 0 radical (unpaired) electrons. The van der Waals surface area contributed by atoms with Crippen molar-refractivity contribution in [2.45, 2.75) is 13.3 Å². The zero-order valence-corrected chi connectivity index (χ0v) is 8.60. The van der Waals surface area contributed by atoms with Crippen molar-refractivity contribution < 1.29 is 9.90 Å². The molecule has 0 aliphatic rings. The van der Waals surface area contributed by atoms with Gasteiger partial charge in [-0.1, -0.05) is 6.92 Å². The highest BCUT2D eigenvalue weighted by Crippen LogP contribution is 2.33. The van der Waals surface area contributed by atoms with E-state index in [1.165, 1.54) is 11.3 Å². The fourth-order valence-corrected chi connectivity index (χ4v) is 2.55. The number of fused-ring (bicyclic) bond motifs is 1. The lowest BCUT2D eigenvalue weighted by molar-refractivity contribution is 0.112. The second-order valence-corrected chi connectivity index (χ2v) is 4.02. The van der Waals surface area contributed by atoms with Gasteiger partial charge in [-0.05, 0) is 29.5 Å². The van der Waals surface area contributed by atoms with Crippen LogP contribution in [0.15, 0.2) is 17.5 Å². The molecule has 0 aliphatic carbocycles. The predicted molar refractivity (Wildman–Crippen MR) is 58.3 cm³/mol. The Hall–Kier alpha value is -1.35. The lowest BCUT2D eigenvalue weighted by atomic mass is 10.0. The second kappa shape index (κ2) is 3.42. The van der Waals surface area contributed by atoms with E-state index in [1.54, 1.807) is 6.07 Å². The molecule has 2 rings (SSSR count). The summed E-state index contributed by atoms with van der Waals surface area (Å²) >= 11 is 1.49. The molecule has 0 bridgehead atoms. The van der Waals surface area contributed by atoms with Crippen LogP contribution in [0.1, 0.15) is 22.8 Å². The van der Waals surface area contributed by atoms with Crippen LogP contribution in [0.25, 0.3) is 10.1 Å². The largest absolute Gasteiger partial charge is 0.507 e. The highest BCUT2D eigenvalue weighted by atomic mass is 32.1. The lowest BCUT2D eigenvalue weighted by Crippen LogP contribution is -1.90. The zero-order chi connectivity index (χ0) is 10.1. The van der Waals surface area contributed by atoms with Crippen molar-refractivity contribution in [2.75, 3.05) is 0 Å². The first-order valence-corrected chi connectivity index (χ1v) is 5.33. The Kier molecular flexibility index (Phi) is 2.25. The number of hydrogen-bond donors (Lipinski definition) is 1. The molecule has 2 aromatic rings. The van der Waals surface area contributed by atoms with E-state index in [-0.39, 0.29) is 5.75 Å². The number of carbonyl (C=O) groups is 1. The fraction of sp³-hybridized carbons (Fsp3) is 0.182. The smallest absolute Gasteiger partial charge is 0.151 e. The van der Waals surface area contributed by atoms with Gasteiger partial charge in [0.15, 0.2) is 6.29 Å². The third-order valence-corrected chi connectivity index (χ3v) is 3.29. The molecule has 0 saturated heterocycles. The van der Waals surface area contributed by atoms with Gasteiger partial charge in [-0.15, -0.1) is 11.3 Å². The Morgan fingerprint density at radius 1 is 1.57 bits per heavy atom. The number of carbonyl (C=O) groups excluding carboxylic acids is 1. The SMILES string of the molecule is CCc1cc(O)c2ccsc2c1C=O. The molecule has 14 heavy (non-hydrogen) atoms. The Morgan fingerprint density at radius 2 is 2.36 bits per heavy atom. The average Bonchev–Trinajstić information content (AvgIpc) is 2.66. The minimum atomic E-state index is 0.267. The molecule has 0 atom stereocenters. The van der Waals surface area contributed by atoms with E-state index >= 15 is 0 Å². The number of phenols is 1. The third-order valence-electron chi connectivity index (χ3n) is 2.34. The Balaban J connectivity index is 2.88. The molecule has 0 amide bonds. The normalized spacial score (nSPS) is 10.6. The van der Waals surface area contributed by atoms with Crippen molar-refractivity contribution in [3.05, 3.63) is 28.6 Å². The number of thiophene rings is 1. The number of aromatic hydroxyl groups is 1. The molecule has 0 fully saturated rings. The van der Waals surface area contributed by atoms with E-state index in [0.29, 0.717) is 0 Å². The summed E-state index contributed by atoms with van der Waals surface area (Å²) in [6.07, 6.45) is 1.63. The topological polar surface area (TPSA) is 37.3 Å². The van der Waals surface area contributed by atoms with Crippen LogP contribution in [0.4, 0.5) is 0 Å². The summed E-state index contributed by atoms with van der Waals surface area (Å²) in [6.45, 7) is 1.97. The van der Waals surface area contributed by atoms with E-state index in [2.05, 4.69) is 0 Å². The van der Waals surface area contributed by atoms with E-state index in [9.17, 15) is 9.90 Å². The average molecular weight is 206 g/mol. The number of benzene rings is 1. The number of phenolic OH excluding ortho intramolecular Hbond substituents is 1. The van der Waals surface area contributed by atoms with Crippen LogP contribution in [-0.4, -0.2) is 11.4 Å². The summed E-state index contributed by atoms with van der Waals surface area (Å²) in [6, 6.07) is 3.51. The van der Waals surface area contributed by atoms with Gasteiger partial charge >= 0.3 is 0 Å². The van der Waals surface area contributed by atoms with Gasteiger partial charge in [-0.2, -0.15) is 0 Å². The summed E-state index contributed by atoms with van der Waals surface area (Å²) < 4.78 is 0.886. The maximum Gasteiger partial charge on any atom is 0.151 e. The molecular formula is C11H10O2S. The van der Waals surface area contributed by atoms with Gasteiger partial charge in [0, 0.05) is 15.6 Å². The van der Waals surface area contributed by atoms with Gasteiger partial charge in [0.1, 0.15) is 5.75 Å². The van der Waals surface area contributed by atoms with Gasteiger partial charge in [0.25, 0.3) is 0 Å². The summed E-state index contributed by atoms with van der Waals surface area (Å²) in [4.78, 5) is 10.9. The quantitative estimate of drug-likeness (QED) is 0.767. The summed E-state index contributed by atoms with van der Waals surface area (Å²) in [7, 11) is 0. The zero-order valence-electron chi connectivity index (χ0n) is 7.78. The van der Waals surface area contributed by atoms with E-state index in [0.717, 1.165) is 33.9 Å². The predicted octanol–water partition coefficient (Wildman–Crippen LogP) is 2.98. The molecule has 3 heteroatoms.